The predicted molar refractivity (Wildman–Crippen MR) is 17.5 cm³/mol. The van der Waals surface area contributed by atoms with Crippen LogP contribution in [-0.2, 0) is 9.84 Å². The van der Waals surface area contributed by atoms with Gasteiger partial charge in [0.25, 0.3) is 0 Å². The number of ether oxygens (including phenoxy) is 1. The van der Waals surface area contributed by atoms with E-state index in [4.69, 9.17) is 0 Å². The maximum absolute atomic E-state index is 11.2. The third-order valence-electron chi connectivity index (χ3n) is 0.235. The van der Waals surface area contributed by atoms with E-state index in [1.54, 1.807) is 0 Å². The Balaban J connectivity index is 3.75. The Morgan fingerprint density at radius 2 is 1.56 bits per heavy atom. The van der Waals surface area contributed by atoms with Crippen LogP contribution in [0.2, 0.25) is 0 Å². The Labute approximate surface area is 52.0 Å². The molecule has 0 heterocycles. The van der Waals surface area contributed by atoms with Crippen LogP contribution in [0.3, 0.4) is 0 Å². The number of rotatable bonds is 1. The number of halogens is 5. The molecule has 0 aliphatic rings. The molecule has 0 aromatic heterocycles. The normalized spacial score (nSPS) is 19.3. The fraction of sp³-hybridized carbons (Fsp3) is 1.00. The zero-order chi connectivity index (χ0) is 7.71. The van der Waals surface area contributed by atoms with Crippen molar-refractivity contribution in [3.8, 4) is 0 Å². The molecule has 0 N–H and O–H groups in total. The lowest BCUT2D eigenvalue weighted by molar-refractivity contribution is -0.427. The number of hydrogen-bond donors (Lipinski definition) is 0. The van der Waals surface area contributed by atoms with E-state index in [-0.39, 0.29) is 0 Å². The van der Waals surface area contributed by atoms with E-state index in [0.29, 0.717) is 0 Å². The minimum Gasteiger partial charge on any atom is -0.214 e. The lowest BCUT2D eigenvalue weighted by atomic mass is 11.2. The quantitative estimate of drug-likeness (QED) is 0.332. The molecule has 0 fully saturated rings. The third kappa shape index (κ3) is 7.93. The molecule has 1 atom stereocenters. The van der Waals surface area contributed by atoms with Gasteiger partial charge in [-0.15, -0.1) is 18.3 Å². The maximum Gasteiger partial charge on any atom is 0.528 e. The molecule has 9 heavy (non-hydrogen) atoms. The van der Waals surface area contributed by atoms with Crippen molar-refractivity contribution in [1.82, 2.24) is 0 Å². The molecule has 0 aliphatic carbocycles. The van der Waals surface area contributed by atoms with E-state index in [2.05, 4.69) is 16.3 Å². The molecule has 1 radical (unpaired) electrons. The second kappa shape index (κ2) is 2.28. The van der Waals surface area contributed by atoms with Gasteiger partial charge in [-0.3, -0.25) is 0 Å². The second-order valence-corrected chi connectivity index (χ2v) is 1.46. The molecule has 0 rings (SSSR count). The summed E-state index contributed by atoms with van der Waals surface area (Å²) < 4.78 is 45.7. The molecule has 55 valence electrons. The molecule has 0 aliphatic heterocycles. The van der Waals surface area contributed by atoms with Crippen LogP contribution in [-0.4, -0.2) is 11.9 Å². The van der Waals surface area contributed by atoms with Gasteiger partial charge >= 0.3 is 11.9 Å². The Morgan fingerprint density at radius 3 is 1.56 bits per heavy atom. The third-order valence-corrected chi connectivity index (χ3v) is 0.312. The van der Waals surface area contributed by atoms with Gasteiger partial charge in [0, 0.05) is 0 Å². The Bertz CT molecular complexity index is 81.7. The molecule has 1 unspecified atom stereocenters. The lowest BCUT2D eigenvalue weighted by Crippen LogP contribution is -2.26. The molecule has 0 saturated heterocycles. The molecule has 7 heteroatoms. The first-order chi connectivity index (χ1) is 3.71. The van der Waals surface area contributed by atoms with Crippen molar-refractivity contribution in [1.29, 1.82) is 0 Å². The van der Waals surface area contributed by atoms with Crippen molar-refractivity contribution in [2.24, 2.45) is 0 Å². The first kappa shape index (κ1) is 8.93. The van der Waals surface area contributed by atoms with E-state index < -0.39 is 11.9 Å². The van der Waals surface area contributed by atoms with Crippen molar-refractivity contribution in [2.45, 2.75) is 11.9 Å². The fourth-order valence-corrected chi connectivity index (χ4v) is 0.222. The van der Waals surface area contributed by atoms with E-state index in [1.165, 1.54) is 0 Å². The van der Waals surface area contributed by atoms with Crippen LogP contribution in [0.1, 0.15) is 0 Å². The van der Waals surface area contributed by atoms with Crippen LogP contribution in [0.5, 0.6) is 0 Å². The van der Waals surface area contributed by atoms with Gasteiger partial charge in [0.1, 0.15) is 0 Å². The highest BCUT2D eigenvalue weighted by atomic mass is 35.5. The van der Waals surface area contributed by atoms with E-state index >= 15 is 0 Å². The van der Waals surface area contributed by atoms with E-state index in [9.17, 15) is 22.7 Å². The van der Waals surface area contributed by atoms with Crippen molar-refractivity contribution < 1.29 is 27.4 Å². The number of alkyl halides is 5. The van der Waals surface area contributed by atoms with Crippen LogP contribution >= 0.6 is 11.6 Å². The molecule has 0 amide bonds. The molecular weight excluding hydrogens is 167 g/mol. The summed E-state index contributed by atoms with van der Waals surface area (Å²) in [6.45, 7) is 0. The Morgan fingerprint density at radius 1 is 1.22 bits per heavy atom. The van der Waals surface area contributed by atoms with Gasteiger partial charge < -0.3 is 0 Å². The van der Waals surface area contributed by atoms with Gasteiger partial charge in [-0.05, 0) is 11.6 Å². The largest absolute Gasteiger partial charge is 0.528 e. The highest BCUT2D eigenvalue weighted by molar-refractivity contribution is 6.20. The predicted octanol–water partition coefficient (Wildman–Crippen LogP) is 1.77. The van der Waals surface area contributed by atoms with Gasteiger partial charge in [0.15, 0.2) is 0 Å². The summed E-state index contributed by atoms with van der Waals surface area (Å²) in [5.41, 5.74) is -4.42. The summed E-state index contributed by atoms with van der Waals surface area (Å²) in [5, 5.41) is 9.28. The van der Waals surface area contributed by atoms with E-state index in [1.807, 2.05) is 0 Å². The zero-order valence-electron chi connectivity index (χ0n) is 3.71. The van der Waals surface area contributed by atoms with Gasteiger partial charge in [0.05, 0.1) is 0 Å². The van der Waals surface area contributed by atoms with Crippen LogP contribution < -0.4 is 0 Å². The first-order valence-corrected chi connectivity index (χ1v) is 1.94. The molecular formula is C2ClF4O2. The Kier molecular flexibility index (Phi) is 2.26. The summed E-state index contributed by atoms with van der Waals surface area (Å²) in [6, 6.07) is 0. The zero-order valence-corrected chi connectivity index (χ0v) is 4.46. The monoisotopic (exact) mass is 167 g/mol. The average molecular weight is 167 g/mol. The minimum atomic E-state index is -5.34. The summed E-state index contributed by atoms with van der Waals surface area (Å²) in [7, 11) is 0. The average Bonchev–Trinajstić information content (AvgIpc) is 1.14. The maximum atomic E-state index is 11.2. The highest BCUT2D eigenvalue weighted by Crippen LogP contribution is 2.27. The summed E-state index contributed by atoms with van der Waals surface area (Å²) in [5.74, 6) is 0. The van der Waals surface area contributed by atoms with Crippen molar-refractivity contribution >= 4 is 11.6 Å². The van der Waals surface area contributed by atoms with Crippen LogP contribution in [0.15, 0.2) is 0 Å². The SMILES string of the molecule is [O]C(F)(Cl)OC(F)(F)F. The van der Waals surface area contributed by atoms with Crippen LogP contribution in [0.4, 0.5) is 17.6 Å². The molecule has 0 aromatic carbocycles. The molecule has 0 bridgehead atoms. The van der Waals surface area contributed by atoms with Gasteiger partial charge in [0.2, 0.25) is 0 Å². The van der Waals surface area contributed by atoms with Gasteiger partial charge in [-0.25, -0.2) is 4.74 Å². The smallest absolute Gasteiger partial charge is 0.214 e. The van der Waals surface area contributed by atoms with E-state index in [0.717, 1.165) is 0 Å². The minimum absolute atomic E-state index is 2.17. The van der Waals surface area contributed by atoms with Crippen molar-refractivity contribution in [2.75, 3.05) is 0 Å². The molecule has 0 spiro atoms. The van der Waals surface area contributed by atoms with Crippen molar-refractivity contribution in [3.05, 3.63) is 0 Å². The van der Waals surface area contributed by atoms with Crippen LogP contribution in [0, 0.1) is 0 Å². The molecule has 0 aromatic rings. The molecule has 2 nitrogen and oxygen atoms in total. The number of hydrogen-bond acceptors (Lipinski definition) is 1. The summed E-state index contributed by atoms with van der Waals surface area (Å²) in [6.07, 6.45) is -5.34. The first-order valence-electron chi connectivity index (χ1n) is 1.56. The standard InChI is InChI=1S/C2ClF4O2/c3-1(4,8)9-2(5,6)7. The lowest BCUT2D eigenvalue weighted by Gasteiger charge is -2.10. The summed E-state index contributed by atoms with van der Waals surface area (Å²) >= 11 is 3.85. The fourth-order valence-electron chi connectivity index (χ4n) is 0.135. The second-order valence-electron chi connectivity index (χ2n) is 1.01. The molecule has 0 saturated carbocycles. The topological polar surface area (TPSA) is 29.1 Å². The van der Waals surface area contributed by atoms with Crippen LogP contribution in [0.25, 0.3) is 0 Å². The van der Waals surface area contributed by atoms with Gasteiger partial charge in [-0.1, -0.05) is 0 Å². The summed E-state index contributed by atoms with van der Waals surface area (Å²) in [4.78, 5) is 0. The highest BCUT2D eigenvalue weighted by Gasteiger charge is 2.43. The Hall–Kier alpha value is -0.0700. The van der Waals surface area contributed by atoms with Crippen molar-refractivity contribution in [3.63, 3.8) is 0 Å². The van der Waals surface area contributed by atoms with Gasteiger partial charge in [-0.2, -0.15) is 4.39 Å².